The van der Waals surface area contributed by atoms with E-state index in [0.29, 0.717) is 11.3 Å². The van der Waals surface area contributed by atoms with E-state index in [0.717, 1.165) is 5.56 Å². The largest absolute Gasteiger partial charge is 0.491 e. The molecule has 0 aliphatic carbocycles. The molecule has 0 saturated carbocycles. The molecule has 0 aliphatic heterocycles. The average Bonchev–Trinajstić information content (AvgIpc) is 2.52. The minimum absolute atomic E-state index is 0.0357. The first-order chi connectivity index (χ1) is 10.5. The number of alkyl halides is 1. The van der Waals surface area contributed by atoms with Gasteiger partial charge in [0.1, 0.15) is 19.0 Å². The standard InChI is InChI=1S/C16H17FO4S/c1-13-5-7-16(8-6-13)22(18,19)21-12-14-3-2-4-15(11-14)20-10-9-17/h2-8,11H,9-10,12H2,1H3. The summed E-state index contributed by atoms with van der Waals surface area (Å²) in [6.45, 7) is 1.15. The lowest BCUT2D eigenvalue weighted by Crippen LogP contribution is -2.06. The molecule has 0 atom stereocenters. The van der Waals surface area contributed by atoms with E-state index in [2.05, 4.69) is 0 Å². The highest BCUT2D eigenvalue weighted by Crippen LogP contribution is 2.18. The molecule has 2 aromatic carbocycles. The van der Waals surface area contributed by atoms with Gasteiger partial charge in [0.05, 0.1) is 11.5 Å². The minimum atomic E-state index is -3.81. The normalized spacial score (nSPS) is 11.4. The molecule has 0 bridgehead atoms. The number of halogens is 1. The Balaban J connectivity index is 2.04. The van der Waals surface area contributed by atoms with Crippen LogP contribution in [0.2, 0.25) is 0 Å². The molecular weight excluding hydrogens is 307 g/mol. The van der Waals surface area contributed by atoms with Crippen LogP contribution in [0.5, 0.6) is 5.75 Å². The van der Waals surface area contributed by atoms with Crippen molar-refractivity contribution in [2.45, 2.75) is 18.4 Å². The summed E-state index contributed by atoms with van der Waals surface area (Å²) in [7, 11) is -3.81. The summed E-state index contributed by atoms with van der Waals surface area (Å²) < 4.78 is 46.4. The second kappa shape index (κ2) is 7.38. The van der Waals surface area contributed by atoms with Gasteiger partial charge in [-0.2, -0.15) is 8.42 Å². The Morgan fingerprint density at radius 2 is 1.82 bits per heavy atom. The zero-order valence-corrected chi connectivity index (χ0v) is 13.0. The van der Waals surface area contributed by atoms with Gasteiger partial charge in [0.15, 0.2) is 0 Å². The molecule has 0 aliphatic rings. The summed E-state index contributed by atoms with van der Waals surface area (Å²) in [5, 5.41) is 0. The SMILES string of the molecule is Cc1ccc(S(=O)(=O)OCc2cccc(OCCF)c2)cc1. The van der Waals surface area contributed by atoms with Crippen molar-refractivity contribution in [1.29, 1.82) is 0 Å². The van der Waals surface area contributed by atoms with Gasteiger partial charge >= 0.3 is 0 Å². The molecule has 2 aromatic rings. The first-order valence-electron chi connectivity index (χ1n) is 6.75. The first-order valence-corrected chi connectivity index (χ1v) is 8.16. The van der Waals surface area contributed by atoms with Crippen LogP contribution in [0.15, 0.2) is 53.4 Å². The van der Waals surface area contributed by atoms with E-state index in [1.165, 1.54) is 12.1 Å². The van der Waals surface area contributed by atoms with Crippen LogP contribution in [0.25, 0.3) is 0 Å². The first kappa shape index (κ1) is 16.5. The van der Waals surface area contributed by atoms with Gasteiger partial charge in [-0.1, -0.05) is 29.8 Å². The third-order valence-electron chi connectivity index (χ3n) is 2.93. The number of aryl methyl sites for hydroxylation is 1. The molecule has 0 amide bonds. The Hall–Kier alpha value is -1.92. The highest BCUT2D eigenvalue weighted by Gasteiger charge is 2.15. The Labute approximate surface area is 129 Å². The lowest BCUT2D eigenvalue weighted by atomic mass is 10.2. The summed E-state index contributed by atoms with van der Waals surface area (Å²) in [6, 6.07) is 13.1. The van der Waals surface area contributed by atoms with Crippen LogP contribution in [-0.2, 0) is 20.9 Å². The van der Waals surface area contributed by atoms with Crippen LogP contribution in [0.4, 0.5) is 4.39 Å². The van der Waals surface area contributed by atoms with Crippen LogP contribution in [-0.4, -0.2) is 21.7 Å². The molecule has 4 nitrogen and oxygen atoms in total. The van der Waals surface area contributed by atoms with Crippen LogP contribution in [0.3, 0.4) is 0 Å². The van der Waals surface area contributed by atoms with Crippen molar-refractivity contribution in [2.24, 2.45) is 0 Å². The fourth-order valence-electron chi connectivity index (χ4n) is 1.80. The second-order valence-corrected chi connectivity index (χ2v) is 6.33. The smallest absolute Gasteiger partial charge is 0.297 e. The van der Waals surface area contributed by atoms with Crippen LogP contribution >= 0.6 is 0 Å². The van der Waals surface area contributed by atoms with Gasteiger partial charge < -0.3 is 4.74 Å². The van der Waals surface area contributed by atoms with Gasteiger partial charge in [-0.05, 0) is 36.8 Å². The van der Waals surface area contributed by atoms with E-state index >= 15 is 0 Å². The van der Waals surface area contributed by atoms with Crippen LogP contribution in [0, 0.1) is 6.92 Å². The number of benzene rings is 2. The van der Waals surface area contributed by atoms with Crippen molar-refractivity contribution in [2.75, 3.05) is 13.3 Å². The van der Waals surface area contributed by atoms with Gasteiger partial charge in [-0.15, -0.1) is 0 Å². The predicted molar refractivity (Wildman–Crippen MR) is 81.1 cm³/mol. The van der Waals surface area contributed by atoms with Crippen molar-refractivity contribution in [3.05, 3.63) is 59.7 Å². The third kappa shape index (κ3) is 4.54. The van der Waals surface area contributed by atoms with Gasteiger partial charge in [0.2, 0.25) is 0 Å². The quantitative estimate of drug-likeness (QED) is 0.734. The summed E-state index contributed by atoms with van der Waals surface area (Å²) in [4.78, 5) is 0.114. The third-order valence-corrected chi connectivity index (χ3v) is 4.21. The van der Waals surface area contributed by atoms with E-state index in [1.807, 2.05) is 6.92 Å². The number of ether oxygens (including phenoxy) is 1. The maximum Gasteiger partial charge on any atom is 0.297 e. The van der Waals surface area contributed by atoms with Gasteiger partial charge in [-0.3, -0.25) is 4.18 Å². The molecule has 118 valence electrons. The monoisotopic (exact) mass is 324 g/mol. The Kier molecular flexibility index (Phi) is 5.51. The Bertz CT molecular complexity index is 711. The average molecular weight is 324 g/mol. The van der Waals surface area contributed by atoms with Gasteiger partial charge in [-0.25, -0.2) is 4.39 Å². The number of rotatable bonds is 7. The molecule has 0 radical (unpaired) electrons. The van der Waals surface area contributed by atoms with Crippen molar-refractivity contribution in [3.63, 3.8) is 0 Å². The van der Waals surface area contributed by atoms with Gasteiger partial charge in [0.25, 0.3) is 10.1 Å². The summed E-state index contributed by atoms with van der Waals surface area (Å²) >= 11 is 0. The van der Waals surface area contributed by atoms with E-state index < -0.39 is 16.8 Å². The van der Waals surface area contributed by atoms with Crippen LogP contribution in [0.1, 0.15) is 11.1 Å². The second-order valence-electron chi connectivity index (χ2n) is 4.71. The topological polar surface area (TPSA) is 52.6 Å². The molecule has 0 saturated heterocycles. The van der Waals surface area contributed by atoms with Crippen molar-refractivity contribution >= 4 is 10.1 Å². The minimum Gasteiger partial charge on any atom is -0.491 e. The highest BCUT2D eigenvalue weighted by atomic mass is 32.2. The summed E-state index contributed by atoms with van der Waals surface area (Å²) in [5.41, 5.74) is 1.60. The summed E-state index contributed by atoms with van der Waals surface area (Å²) in [5.74, 6) is 0.478. The zero-order valence-electron chi connectivity index (χ0n) is 12.2. The van der Waals surface area contributed by atoms with Crippen molar-refractivity contribution in [3.8, 4) is 5.75 Å². The number of hydrogen-bond acceptors (Lipinski definition) is 4. The maximum absolute atomic E-state index is 12.1. The Morgan fingerprint density at radius 1 is 1.09 bits per heavy atom. The lowest BCUT2D eigenvalue weighted by Gasteiger charge is -2.08. The molecule has 0 spiro atoms. The fraction of sp³-hybridized carbons (Fsp3) is 0.250. The van der Waals surface area contributed by atoms with Crippen molar-refractivity contribution < 1.29 is 21.7 Å². The zero-order chi connectivity index (χ0) is 16.0. The van der Waals surface area contributed by atoms with Crippen molar-refractivity contribution in [1.82, 2.24) is 0 Å². The van der Waals surface area contributed by atoms with E-state index in [1.54, 1.807) is 36.4 Å². The number of hydrogen-bond donors (Lipinski definition) is 0. The molecule has 22 heavy (non-hydrogen) atoms. The molecule has 0 aromatic heterocycles. The molecule has 6 heteroatoms. The molecule has 2 rings (SSSR count). The Morgan fingerprint density at radius 3 is 2.50 bits per heavy atom. The molecule has 0 N–H and O–H groups in total. The maximum atomic E-state index is 12.1. The van der Waals surface area contributed by atoms with E-state index in [4.69, 9.17) is 8.92 Å². The van der Waals surface area contributed by atoms with E-state index in [9.17, 15) is 12.8 Å². The van der Waals surface area contributed by atoms with Gasteiger partial charge in [0, 0.05) is 0 Å². The fourth-order valence-corrected chi connectivity index (χ4v) is 2.70. The van der Waals surface area contributed by atoms with E-state index in [-0.39, 0.29) is 18.1 Å². The summed E-state index contributed by atoms with van der Waals surface area (Å²) in [6.07, 6.45) is 0. The molecule has 0 unspecified atom stereocenters. The highest BCUT2D eigenvalue weighted by molar-refractivity contribution is 7.86. The van der Waals surface area contributed by atoms with Crippen LogP contribution < -0.4 is 4.74 Å². The predicted octanol–water partition coefficient (Wildman–Crippen LogP) is 3.25. The molecule has 0 fully saturated rings. The molecule has 0 heterocycles. The molecular formula is C16H17FO4S. The lowest BCUT2D eigenvalue weighted by molar-refractivity contribution is 0.271.